The molecule has 3 atom stereocenters. The summed E-state index contributed by atoms with van der Waals surface area (Å²) in [6.07, 6.45) is -1.20. The number of rotatable bonds is 3. The van der Waals surface area contributed by atoms with Crippen LogP contribution in [0, 0.1) is 11.8 Å². The van der Waals surface area contributed by atoms with Crippen LogP contribution in [0.4, 0.5) is 0 Å². The lowest BCUT2D eigenvalue weighted by Crippen LogP contribution is -2.48. The molecule has 0 aromatic heterocycles. The number of aliphatic hydroxyl groups excluding tert-OH is 1. The number of aliphatic hydroxyl groups is 1. The fourth-order valence-electron chi connectivity index (χ4n) is 1.97. The number of carbonyl (C=O) groups excluding carboxylic acids is 1. The van der Waals surface area contributed by atoms with Crippen LogP contribution in [-0.4, -0.2) is 33.9 Å². The first-order valence-electron chi connectivity index (χ1n) is 5.01. The minimum atomic E-state index is -1.76. The maximum Gasteiger partial charge on any atom is 0.350 e. The van der Waals surface area contributed by atoms with E-state index in [1.165, 1.54) is 0 Å². The van der Waals surface area contributed by atoms with E-state index in [1.807, 2.05) is 0 Å². The van der Waals surface area contributed by atoms with Crippen molar-refractivity contribution >= 4 is 11.9 Å². The van der Waals surface area contributed by atoms with Crippen LogP contribution < -0.4 is 0 Å². The molecule has 0 aliphatic carbocycles. The van der Waals surface area contributed by atoms with E-state index in [2.05, 4.69) is 0 Å². The third-order valence-corrected chi connectivity index (χ3v) is 2.98. The SMILES string of the molecule is CC[C@@]1(C(=O)O)OC(=O)[C@@H](C(C)C)[C@@H]1O. The normalized spacial score (nSPS) is 35.7. The van der Waals surface area contributed by atoms with Gasteiger partial charge in [0.1, 0.15) is 6.10 Å². The Hall–Kier alpha value is -1.10. The molecule has 0 amide bonds. The molecule has 0 aromatic rings. The van der Waals surface area contributed by atoms with Crippen LogP contribution in [0.15, 0.2) is 0 Å². The summed E-state index contributed by atoms with van der Waals surface area (Å²) < 4.78 is 4.86. The summed E-state index contributed by atoms with van der Waals surface area (Å²) in [7, 11) is 0. The van der Waals surface area contributed by atoms with Crippen LogP contribution >= 0.6 is 0 Å². The Labute approximate surface area is 88.0 Å². The van der Waals surface area contributed by atoms with E-state index >= 15 is 0 Å². The van der Waals surface area contributed by atoms with Crippen LogP contribution in [-0.2, 0) is 14.3 Å². The lowest BCUT2D eigenvalue weighted by atomic mass is 9.82. The molecular formula is C10H16O5. The second kappa shape index (κ2) is 3.81. The minimum Gasteiger partial charge on any atom is -0.478 e. The van der Waals surface area contributed by atoms with E-state index in [9.17, 15) is 14.7 Å². The molecule has 0 aromatic carbocycles. The lowest BCUT2D eigenvalue weighted by molar-refractivity contribution is -0.176. The summed E-state index contributed by atoms with van der Waals surface area (Å²) >= 11 is 0. The van der Waals surface area contributed by atoms with Crippen LogP contribution in [0.1, 0.15) is 27.2 Å². The number of hydrogen-bond acceptors (Lipinski definition) is 4. The molecule has 0 unspecified atom stereocenters. The third kappa shape index (κ3) is 1.61. The van der Waals surface area contributed by atoms with Gasteiger partial charge in [-0.05, 0) is 12.3 Å². The maximum absolute atomic E-state index is 11.5. The molecule has 0 saturated carbocycles. The molecule has 0 radical (unpaired) electrons. The summed E-state index contributed by atoms with van der Waals surface area (Å²) in [4.78, 5) is 22.5. The highest BCUT2D eigenvalue weighted by atomic mass is 16.6. The fraction of sp³-hybridized carbons (Fsp3) is 0.800. The van der Waals surface area contributed by atoms with Gasteiger partial charge in [0.25, 0.3) is 0 Å². The first-order valence-corrected chi connectivity index (χ1v) is 5.01. The quantitative estimate of drug-likeness (QED) is 0.667. The predicted molar refractivity (Wildman–Crippen MR) is 51.1 cm³/mol. The van der Waals surface area contributed by atoms with Crippen LogP contribution in [0.5, 0.6) is 0 Å². The van der Waals surface area contributed by atoms with Crippen molar-refractivity contribution in [3.63, 3.8) is 0 Å². The maximum atomic E-state index is 11.5. The molecule has 2 N–H and O–H groups in total. The van der Waals surface area contributed by atoms with Gasteiger partial charge in [-0.3, -0.25) is 4.79 Å². The molecule has 1 aliphatic rings. The monoisotopic (exact) mass is 216 g/mol. The van der Waals surface area contributed by atoms with E-state index in [-0.39, 0.29) is 12.3 Å². The Morgan fingerprint density at radius 1 is 1.60 bits per heavy atom. The van der Waals surface area contributed by atoms with Gasteiger partial charge in [0.2, 0.25) is 5.60 Å². The van der Waals surface area contributed by atoms with E-state index in [1.54, 1.807) is 20.8 Å². The Balaban J connectivity index is 3.07. The zero-order valence-electron chi connectivity index (χ0n) is 9.06. The molecule has 1 fully saturated rings. The van der Waals surface area contributed by atoms with Crippen molar-refractivity contribution in [2.24, 2.45) is 11.8 Å². The van der Waals surface area contributed by atoms with Gasteiger partial charge in [0.05, 0.1) is 5.92 Å². The molecule has 5 nitrogen and oxygen atoms in total. The average molecular weight is 216 g/mol. The molecule has 15 heavy (non-hydrogen) atoms. The first kappa shape index (κ1) is 12.0. The van der Waals surface area contributed by atoms with Gasteiger partial charge in [0, 0.05) is 0 Å². The number of ether oxygens (including phenoxy) is 1. The summed E-state index contributed by atoms with van der Waals surface area (Å²) in [6, 6.07) is 0. The Morgan fingerprint density at radius 2 is 2.13 bits per heavy atom. The molecule has 1 saturated heterocycles. The molecule has 86 valence electrons. The molecule has 1 rings (SSSR count). The summed E-state index contributed by atoms with van der Waals surface area (Å²) in [5.41, 5.74) is -1.76. The first-order chi connectivity index (χ1) is 6.86. The van der Waals surface area contributed by atoms with E-state index in [0.29, 0.717) is 0 Å². The highest BCUT2D eigenvalue weighted by molar-refractivity contribution is 5.88. The molecule has 1 aliphatic heterocycles. The van der Waals surface area contributed by atoms with Gasteiger partial charge in [-0.25, -0.2) is 4.79 Å². The second-order valence-corrected chi connectivity index (χ2v) is 4.18. The predicted octanol–water partition coefficient (Wildman–Crippen LogP) is 0.410. The summed E-state index contributed by atoms with van der Waals surface area (Å²) in [5, 5.41) is 18.9. The van der Waals surface area contributed by atoms with Crippen molar-refractivity contribution in [3.05, 3.63) is 0 Å². The van der Waals surface area contributed by atoms with E-state index < -0.39 is 29.6 Å². The summed E-state index contributed by atoms with van der Waals surface area (Å²) in [6.45, 7) is 5.08. The number of carbonyl (C=O) groups is 2. The number of carboxylic acids is 1. The number of aliphatic carboxylic acids is 1. The lowest BCUT2D eigenvalue weighted by Gasteiger charge is -2.26. The van der Waals surface area contributed by atoms with Gasteiger partial charge >= 0.3 is 11.9 Å². The number of esters is 1. The van der Waals surface area contributed by atoms with Gasteiger partial charge in [-0.15, -0.1) is 0 Å². The molecule has 1 heterocycles. The zero-order chi connectivity index (χ0) is 11.8. The molecular weight excluding hydrogens is 200 g/mol. The van der Waals surface area contributed by atoms with E-state index in [0.717, 1.165) is 0 Å². The third-order valence-electron chi connectivity index (χ3n) is 2.98. The topological polar surface area (TPSA) is 83.8 Å². The van der Waals surface area contributed by atoms with Gasteiger partial charge in [0.15, 0.2) is 0 Å². The number of cyclic esters (lactones) is 1. The van der Waals surface area contributed by atoms with E-state index in [4.69, 9.17) is 9.84 Å². The minimum absolute atomic E-state index is 0.0679. The van der Waals surface area contributed by atoms with Crippen molar-refractivity contribution in [1.29, 1.82) is 0 Å². The standard InChI is InChI=1S/C10H16O5/c1-4-10(9(13)14)7(11)6(5(2)3)8(12)15-10/h5-7,11H,4H2,1-3H3,(H,13,14)/t6-,7-,10+/m0/s1. The Morgan fingerprint density at radius 3 is 2.33 bits per heavy atom. The Bertz CT molecular complexity index is 286. The van der Waals surface area contributed by atoms with Gasteiger partial charge in [-0.1, -0.05) is 20.8 Å². The van der Waals surface area contributed by atoms with Crippen molar-refractivity contribution in [1.82, 2.24) is 0 Å². The highest BCUT2D eigenvalue weighted by Gasteiger charge is 2.59. The van der Waals surface area contributed by atoms with Crippen molar-refractivity contribution in [2.45, 2.75) is 38.9 Å². The van der Waals surface area contributed by atoms with Crippen LogP contribution in [0.3, 0.4) is 0 Å². The molecule has 5 heteroatoms. The fourth-order valence-corrected chi connectivity index (χ4v) is 1.97. The summed E-state index contributed by atoms with van der Waals surface area (Å²) in [5.74, 6) is -2.79. The van der Waals surface area contributed by atoms with Crippen LogP contribution in [0.25, 0.3) is 0 Å². The van der Waals surface area contributed by atoms with Crippen molar-refractivity contribution in [3.8, 4) is 0 Å². The van der Waals surface area contributed by atoms with Crippen molar-refractivity contribution < 1.29 is 24.5 Å². The van der Waals surface area contributed by atoms with Crippen LogP contribution in [0.2, 0.25) is 0 Å². The van der Waals surface area contributed by atoms with Gasteiger partial charge in [-0.2, -0.15) is 0 Å². The molecule has 0 bridgehead atoms. The largest absolute Gasteiger partial charge is 0.478 e. The average Bonchev–Trinajstić information content (AvgIpc) is 2.38. The smallest absolute Gasteiger partial charge is 0.350 e. The van der Waals surface area contributed by atoms with Gasteiger partial charge < -0.3 is 14.9 Å². The second-order valence-electron chi connectivity index (χ2n) is 4.18. The number of hydrogen-bond donors (Lipinski definition) is 2. The highest BCUT2D eigenvalue weighted by Crippen LogP contribution is 2.38. The number of carboxylic acid groups (broad SMARTS) is 1. The zero-order valence-corrected chi connectivity index (χ0v) is 9.06. The Kier molecular flexibility index (Phi) is 3.04. The van der Waals surface area contributed by atoms with Crippen molar-refractivity contribution in [2.75, 3.05) is 0 Å². The molecule has 0 spiro atoms.